The molecular formula is C10H19ClO. The maximum atomic E-state index is 11.3. The van der Waals surface area contributed by atoms with Gasteiger partial charge in [0.15, 0.2) is 0 Å². The van der Waals surface area contributed by atoms with E-state index >= 15 is 0 Å². The molecule has 0 aliphatic rings. The molecule has 1 nitrogen and oxygen atoms in total. The van der Waals surface area contributed by atoms with Crippen LogP contribution in [0.25, 0.3) is 0 Å². The Labute approximate surface area is 80.5 Å². The Hall–Kier alpha value is -0.0400. The summed E-state index contributed by atoms with van der Waals surface area (Å²) in [6.07, 6.45) is 0. The number of rotatable bonds is 2. The Morgan fingerprint density at radius 2 is 1.50 bits per heavy atom. The van der Waals surface area contributed by atoms with Crippen LogP contribution in [-0.4, -0.2) is 5.24 Å². The van der Waals surface area contributed by atoms with Crippen LogP contribution in [0.2, 0.25) is 0 Å². The highest BCUT2D eigenvalue weighted by molar-refractivity contribution is 6.64. The minimum Gasteiger partial charge on any atom is -0.281 e. The third kappa shape index (κ3) is 1.82. The SMILES string of the molecule is CC(C)C(C)(C(=O)Cl)C(C)(C)C. The van der Waals surface area contributed by atoms with Crippen molar-refractivity contribution in [1.82, 2.24) is 0 Å². The molecule has 0 spiro atoms. The van der Waals surface area contributed by atoms with Gasteiger partial charge in [-0.2, -0.15) is 0 Å². The zero-order valence-corrected chi connectivity index (χ0v) is 9.62. The van der Waals surface area contributed by atoms with Crippen molar-refractivity contribution in [3.05, 3.63) is 0 Å². The highest BCUT2D eigenvalue weighted by Crippen LogP contribution is 2.45. The lowest BCUT2D eigenvalue weighted by molar-refractivity contribution is -0.128. The summed E-state index contributed by atoms with van der Waals surface area (Å²) < 4.78 is 0. The molecule has 0 aliphatic heterocycles. The lowest BCUT2D eigenvalue weighted by Crippen LogP contribution is -2.42. The van der Waals surface area contributed by atoms with Crippen molar-refractivity contribution in [2.45, 2.75) is 41.5 Å². The minimum absolute atomic E-state index is 0.0833. The molecule has 2 heteroatoms. The van der Waals surface area contributed by atoms with Crippen molar-refractivity contribution in [2.75, 3.05) is 0 Å². The molecule has 0 N–H and O–H groups in total. The Kier molecular flexibility index (Phi) is 3.36. The van der Waals surface area contributed by atoms with E-state index in [9.17, 15) is 4.79 Å². The first kappa shape index (κ1) is 12.0. The van der Waals surface area contributed by atoms with Gasteiger partial charge in [-0.25, -0.2) is 0 Å². The average Bonchev–Trinajstić information content (AvgIpc) is 1.82. The van der Waals surface area contributed by atoms with Crippen molar-refractivity contribution >= 4 is 16.8 Å². The second-order valence-electron chi connectivity index (χ2n) is 4.88. The van der Waals surface area contributed by atoms with Gasteiger partial charge in [0.2, 0.25) is 5.24 Å². The molecule has 0 bridgehead atoms. The van der Waals surface area contributed by atoms with E-state index in [2.05, 4.69) is 0 Å². The Bertz CT molecular complexity index is 179. The molecule has 0 fully saturated rings. The summed E-state index contributed by atoms with van der Waals surface area (Å²) in [5.41, 5.74) is -0.519. The maximum Gasteiger partial charge on any atom is 0.228 e. The van der Waals surface area contributed by atoms with E-state index < -0.39 is 5.41 Å². The molecule has 0 aromatic heterocycles. The van der Waals surface area contributed by atoms with Crippen molar-refractivity contribution < 1.29 is 4.79 Å². The Morgan fingerprint density at radius 1 is 1.17 bits per heavy atom. The van der Waals surface area contributed by atoms with Gasteiger partial charge in [0.25, 0.3) is 0 Å². The highest BCUT2D eigenvalue weighted by Gasteiger charge is 2.45. The second-order valence-corrected chi connectivity index (χ2v) is 5.22. The lowest BCUT2D eigenvalue weighted by atomic mass is 9.62. The predicted molar refractivity (Wildman–Crippen MR) is 53.3 cm³/mol. The topological polar surface area (TPSA) is 17.1 Å². The van der Waals surface area contributed by atoms with Crippen LogP contribution in [0, 0.1) is 16.7 Å². The van der Waals surface area contributed by atoms with Crippen LogP contribution in [0.5, 0.6) is 0 Å². The Balaban J connectivity index is 5.02. The van der Waals surface area contributed by atoms with Gasteiger partial charge in [-0.15, -0.1) is 0 Å². The molecule has 0 saturated heterocycles. The van der Waals surface area contributed by atoms with Crippen LogP contribution < -0.4 is 0 Å². The van der Waals surface area contributed by atoms with E-state index in [4.69, 9.17) is 11.6 Å². The minimum atomic E-state index is -0.436. The number of carbonyl (C=O) groups excluding carboxylic acids is 1. The maximum absolute atomic E-state index is 11.3. The molecule has 0 aromatic rings. The first-order valence-electron chi connectivity index (χ1n) is 4.34. The molecule has 1 unspecified atom stereocenters. The van der Waals surface area contributed by atoms with E-state index in [1.165, 1.54) is 0 Å². The van der Waals surface area contributed by atoms with Crippen LogP contribution in [0.1, 0.15) is 41.5 Å². The largest absolute Gasteiger partial charge is 0.281 e. The number of halogens is 1. The van der Waals surface area contributed by atoms with Crippen molar-refractivity contribution in [1.29, 1.82) is 0 Å². The van der Waals surface area contributed by atoms with Gasteiger partial charge in [-0.3, -0.25) is 4.79 Å². The fourth-order valence-electron chi connectivity index (χ4n) is 1.39. The molecule has 0 amide bonds. The van der Waals surface area contributed by atoms with E-state index in [-0.39, 0.29) is 16.6 Å². The predicted octanol–water partition coefficient (Wildman–Crippen LogP) is 3.46. The molecular weight excluding hydrogens is 172 g/mol. The monoisotopic (exact) mass is 190 g/mol. The van der Waals surface area contributed by atoms with E-state index in [0.29, 0.717) is 0 Å². The van der Waals surface area contributed by atoms with Crippen LogP contribution in [0.3, 0.4) is 0 Å². The summed E-state index contributed by atoms with van der Waals surface area (Å²) in [6.45, 7) is 12.2. The van der Waals surface area contributed by atoms with Crippen molar-refractivity contribution in [3.8, 4) is 0 Å². The summed E-state index contributed by atoms with van der Waals surface area (Å²) in [5.74, 6) is 0.266. The number of hydrogen-bond acceptors (Lipinski definition) is 1. The average molecular weight is 191 g/mol. The second kappa shape index (κ2) is 3.37. The van der Waals surface area contributed by atoms with E-state index in [1.807, 2.05) is 41.5 Å². The van der Waals surface area contributed by atoms with Gasteiger partial charge in [-0.1, -0.05) is 41.5 Å². The summed E-state index contributed by atoms with van der Waals surface area (Å²) in [4.78, 5) is 11.3. The summed E-state index contributed by atoms with van der Waals surface area (Å²) >= 11 is 5.63. The van der Waals surface area contributed by atoms with Gasteiger partial charge in [0.1, 0.15) is 0 Å². The van der Waals surface area contributed by atoms with Crippen LogP contribution in [-0.2, 0) is 4.79 Å². The lowest BCUT2D eigenvalue weighted by Gasteiger charge is -2.42. The molecule has 0 aromatic carbocycles. The third-order valence-electron chi connectivity index (χ3n) is 3.12. The quantitative estimate of drug-likeness (QED) is 0.610. The highest BCUT2D eigenvalue weighted by atomic mass is 35.5. The normalized spacial score (nSPS) is 17.7. The summed E-state index contributed by atoms with van der Waals surface area (Å²) in [5, 5.41) is -0.231. The Morgan fingerprint density at radius 3 is 1.50 bits per heavy atom. The first-order valence-corrected chi connectivity index (χ1v) is 4.71. The zero-order chi connectivity index (χ0) is 10.2. The van der Waals surface area contributed by atoms with Crippen LogP contribution in [0.4, 0.5) is 0 Å². The molecule has 1 atom stereocenters. The number of hydrogen-bond donors (Lipinski definition) is 0. The standard InChI is InChI=1S/C10H19ClO/c1-7(2)10(6,8(11)12)9(3,4)5/h7H,1-6H3. The van der Waals surface area contributed by atoms with Crippen LogP contribution in [0.15, 0.2) is 0 Å². The van der Waals surface area contributed by atoms with E-state index in [0.717, 1.165) is 0 Å². The smallest absolute Gasteiger partial charge is 0.228 e. The molecule has 0 radical (unpaired) electrons. The summed E-state index contributed by atoms with van der Waals surface area (Å²) in [7, 11) is 0. The van der Waals surface area contributed by atoms with Gasteiger partial charge in [0, 0.05) is 5.41 Å². The number of carbonyl (C=O) groups is 1. The van der Waals surface area contributed by atoms with Gasteiger partial charge >= 0.3 is 0 Å². The fourth-order valence-corrected chi connectivity index (χ4v) is 1.89. The molecule has 12 heavy (non-hydrogen) atoms. The molecule has 0 rings (SSSR count). The van der Waals surface area contributed by atoms with Gasteiger partial charge < -0.3 is 0 Å². The van der Waals surface area contributed by atoms with Crippen molar-refractivity contribution in [3.63, 3.8) is 0 Å². The zero-order valence-electron chi connectivity index (χ0n) is 8.86. The van der Waals surface area contributed by atoms with Crippen molar-refractivity contribution in [2.24, 2.45) is 16.7 Å². The molecule has 72 valence electrons. The van der Waals surface area contributed by atoms with E-state index in [1.54, 1.807) is 0 Å². The van der Waals surface area contributed by atoms with Gasteiger partial charge in [-0.05, 0) is 22.9 Å². The fraction of sp³-hybridized carbons (Fsp3) is 0.900. The third-order valence-corrected chi connectivity index (χ3v) is 3.51. The molecule has 0 saturated carbocycles. The molecule has 0 aliphatic carbocycles. The summed E-state index contributed by atoms with van der Waals surface area (Å²) in [6, 6.07) is 0. The van der Waals surface area contributed by atoms with Crippen LogP contribution >= 0.6 is 11.6 Å². The van der Waals surface area contributed by atoms with Gasteiger partial charge in [0.05, 0.1) is 0 Å². The molecule has 0 heterocycles. The first-order chi connectivity index (χ1) is 5.14.